The molecule has 0 aromatic heterocycles. The van der Waals surface area contributed by atoms with Crippen LogP contribution in [-0.4, -0.2) is 42.5 Å². The monoisotopic (exact) mass is 299 g/mol. The van der Waals surface area contributed by atoms with Crippen molar-refractivity contribution in [1.29, 1.82) is 0 Å². The first-order chi connectivity index (χ1) is 10.4. The lowest BCUT2D eigenvalue weighted by atomic mass is 9.75. The normalized spacial score (nSPS) is 23.6. The number of benzene rings is 1. The fourth-order valence-corrected chi connectivity index (χ4v) is 3.08. The Morgan fingerprint density at radius 2 is 1.64 bits per heavy atom. The summed E-state index contributed by atoms with van der Waals surface area (Å²) in [6.07, 6.45) is 0. The minimum atomic E-state index is -1.79. The molecule has 0 saturated heterocycles. The third kappa shape index (κ3) is 1.44. The number of methoxy groups -OCH3 is 1. The molecule has 6 nitrogen and oxygen atoms in total. The summed E-state index contributed by atoms with van der Waals surface area (Å²) in [5, 5.41) is 0. The summed E-state index contributed by atoms with van der Waals surface area (Å²) in [5.41, 5.74) is -1.50. The van der Waals surface area contributed by atoms with E-state index in [1.54, 1.807) is 12.1 Å². The number of hydrogen-bond donors (Lipinski definition) is 0. The van der Waals surface area contributed by atoms with Crippen molar-refractivity contribution >= 4 is 23.4 Å². The van der Waals surface area contributed by atoms with Crippen LogP contribution in [0.15, 0.2) is 35.5 Å². The molecule has 1 heterocycles. The Kier molecular flexibility index (Phi) is 2.82. The first-order valence-corrected chi connectivity index (χ1v) is 6.65. The molecule has 1 unspecified atom stereocenters. The number of ketones is 2. The predicted octanol–water partition coefficient (Wildman–Crippen LogP) is 0.971. The number of likely N-dealkylation sites (N-methyl/N-ethyl adjacent to an activating group) is 1. The van der Waals surface area contributed by atoms with Crippen LogP contribution in [0, 0.1) is 5.41 Å². The van der Waals surface area contributed by atoms with Gasteiger partial charge in [-0.2, -0.15) is 0 Å². The van der Waals surface area contributed by atoms with E-state index in [4.69, 9.17) is 4.74 Å². The Bertz CT molecular complexity index is 791. The van der Waals surface area contributed by atoms with E-state index in [1.165, 1.54) is 26.1 Å². The van der Waals surface area contributed by atoms with E-state index >= 15 is 0 Å². The summed E-state index contributed by atoms with van der Waals surface area (Å²) >= 11 is 0. The molecule has 1 aliphatic heterocycles. The fraction of sp³-hybridized carbons (Fsp3) is 0.250. The van der Waals surface area contributed by atoms with Crippen molar-refractivity contribution < 1.29 is 23.9 Å². The van der Waals surface area contributed by atoms with Crippen LogP contribution in [0.4, 0.5) is 0 Å². The highest BCUT2D eigenvalue weighted by atomic mass is 16.5. The van der Waals surface area contributed by atoms with Gasteiger partial charge in [-0.05, 0) is 6.92 Å². The number of fused-ring (bicyclic) bond motifs is 1. The number of esters is 1. The summed E-state index contributed by atoms with van der Waals surface area (Å²) < 4.78 is 4.69. The molecule has 1 atom stereocenters. The second-order valence-corrected chi connectivity index (χ2v) is 5.41. The van der Waals surface area contributed by atoms with Gasteiger partial charge >= 0.3 is 5.97 Å². The van der Waals surface area contributed by atoms with Gasteiger partial charge in [-0.15, -0.1) is 0 Å². The van der Waals surface area contributed by atoms with E-state index in [1.807, 2.05) is 0 Å². The summed E-state index contributed by atoms with van der Waals surface area (Å²) in [7, 11) is 2.52. The SMILES string of the molecule is COC(=O)C1(C)C(=O)N(C)C2=C1C(=O)c1ccccc1C2=O. The van der Waals surface area contributed by atoms with Crippen LogP contribution in [0.5, 0.6) is 0 Å². The van der Waals surface area contributed by atoms with E-state index in [9.17, 15) is 19.2 Å². The summed E-state index contributed by atoms with van der Waals surface area (Å²) in [6, 6.07) is 6.32. The molecule has 0 fully saturated rings. The Hall–Kier alpha value is -2.76. The zero-order valence-electron chi connectivity index (χ0n) is 12.3. The number of allylic oxidation sites excluding steroid dienone is 1. The van der Waals surface area contributed by atoms with Crippen LogP contribution in [0.3, 0.4) is 0 Å². The maximum absolute atomic E-state index is 12.8. The molecule has 1 aromatic carbocycles. The molecular weight excluding hydrogens is 286 g/mol. The largest absolute Gasteiger partial charge is 0.468 e. The molecule has 0 saturated carbocycles. The molecule has 1 aromatic rings. The highest BCUT2D eigenvalue weighted by Crippen LogP contribution is 2.45. The quantitative estimate of drug-likeness (QED) is 0.570. The van der Waals surface area contributed by atoms with Crippen molar-refractivity contribution in [2.75, 3.05) is 14.2 Å². The van der Waals surface area contributed by atoms with Gasteiger partial charge in [0.05, 0.1) is 12.7 Å². The standard InChI is InChI=1S/C16H13NO5/c1-16(15(21)22-3)10-11(17(2)14(16)20)13(19)9-7-5-4-6-8(9)12(10)18/h4-7H,1-3H3. The van der Waals surface area contributed by atoms with Crippen LogP contribution in [0.1, 0.15) is 27.6 Å². The highest BCUT2D eigenvalue weighted by molar-refractivity contribution is 6.34. The summed E-state index contributed by atoms with van der Waals surface area (Å²) in [6.45, 7) is 1.32. The zero-order valence-corrected chi connectivity index (χ0v) is 12.3. The molecule has 1 aliphatic carbocycles. The van der Waals surface area contributed by atoms with Crippen molar-refractivity contribution in [3.05, 3.63) is 46.7 Å². The molecule has 112 valence electrons. The number of rotatable bonds is 1. The second-order valence-electron chi connectivity index (χ2n) is 5.41. The maximum atomic E-state index is 12.8. The van der Waals surface area contributed by atoms with Gasteiger partial charge < -0.3 is 9.64 Å². The molecule has 0 N–H and O–H groups in total. The number of ether oxygens (including phenoxy) is 1. The lowest BCUT2D eigenvalue weighted by Crippen LogP contribution is -2.41. The molecule has 0 spiro atoms. The smallest absolute Gasteiger partial charge is 0.325 e. The second kappa shape index (κ2) is 4.37. The Balaban J connectivity index is 2.32. The van der Waals surface area contributed by atoms with Crippen LogP contribution in [0.25, 0.3) is 0 Å². The van der Waals surface area contributed by atoms with Crippen LogP contribution in [0.2, 0.25) is 0 Å². The number of Topliss-reactive ketones (excluding diaryl/α,β-unsaturated/α-hetero) is 2. The molecule has 22 heavy (non-hydrogen) atoms. The van der Waals surface area contributed by atoms with Crippen molar-refractivity contribution in [2.45, 2.75) is 6.92 Å². The van der Waals surface area contributed by atoms with Crippen LogP contribution < -0.4 is 0 Å². The Morgan fingerprint density at radius 1 is 1.09 bits per heavy atom. The number of hydrogen-bond acceptors (Lipinski definition) is 5. The first-order valence-electron chi connectivity index (χ1n) is 6.65. The van der Waals surface area contributed by atoms with Gasteiger partial charge in [0.15, 0.2) is 11.2 Å². The van der Waals surface area contributed by atoms with Gasteiger partial charge in [0.2, 0.25) is 11.7 Å². The number of nitrogens with zero attached hydrogens (tertiary/aromatic N) is 1. The van der Waals surface area contributed by atoms with Gasteiger partial charge in [0.1, 0.15) is 5.70 Å². The predicted molar refractivity (Wildman–Crippen MR) is 75.0 cm³/mol. The van der Waals surface area contributed by atoms with E-state index in [2.05, 4.69) is 0 Å². The third-order valence-corrected chi connectivity index (χ3v) is 4.26. The molecule has 6 heteroatoms. The fourth-order valence-electron chi connectivity index (χ4n) is 3.08. The van der Waals surface area contributed by atoms with E-state index in [0.717, 1.165) is 12.0 Å². The average molecular weight is 299 g/mol. The number of carbonyl (C=O) groups is 4. The molecule has 0 bridgehead atoms. The Morgan fingerprint density at radius 3 is 2.18 bits per heavy atom. The molecular formula is C16H13NO5. The highest BCUT2D eigenvalue weighted by Gasteiger charge is 2.59. The summed E-state index contributed by atoms with van der Waals surface area (Å²) in [4.78, 5) is 51.1. The summed E-state index contributed by atoms with van der Waals surface area (Å²) in [5.74, 6) is -2.42. The van der Waals surface area contributed by atoms with Crippen LogP contribution >= 0.6 is 0 Å². The lowest BCUT2D eigenvalue weighted by Gasteiger charge is -2.23. The zero-order chi connectivity index (χ0) is 16.2. The van der Waals surface area contributed by atoms with E-state index in [0.29, 0.717) is 0 Å². The molecule has 2 aliphatic rings. The maximum Gasteiger partial charge on any atom is 0.325 e. The molecule has 0 radical (unpaired) electrons. The van der Waals surface area contributed by atoms with Crippen molar-refractivity contribution in [1.82, 2.24) is 4.90 Å². The minimum Gasteiger partial charge on any atom is -0.468 e. The number of carbonyl (C=O) groups excluding carboxylic acids is 4. The number of amides is 1. The van der Waals surface area contributed by atoms with Crippen molar-refractivity contribution in [2.24, 2.45) is 5.41 Å². The van der Waals surface area contributed by atoms with Gasteiger partial charge in [0, 0.05) is 18.2 Å². The molecule has 1 amide bonds. The van der Waals surface area contributed by atoms with E-state index in [-0.39, 0.29) is 22.4 Å². The third-order valence-electron chi connectivity index (χ3n) is 4.26. The van der Waals surface area contributed by atoms with Crippen LogP contribution in [-0.2, 0) is 14.3 Å². The first kappa shape index (κ1) is 14.2. The van der Waals surface area contributed by atoms with Gasteiger partial charge in [-0.1, -0.05) is 24.3 Å². The van der Waals surface area contributed by atoms with Crippen molar-refractivity contribution in [3.8, 4) is 0 Å². The molecule has 3 rings (SSSR count). The Labute approximate surface area is 126 Å². The van der Waals surface area contributed by atoms with Crippen molar-refractivity contribution in [3.63, 3.8) is 0 Å². The van der Waals surface area contributed by atoms with Gasteiger partial charge in [-0.25, -0.2) is 0 Å². The average Bonchev–Trinajstić information content (AvgIpc) is 2.74. The topological polar surface area (TPSA) is 80.8 Å². The minimum absolute atomic E-state index is 0.0402. The van der Waals surface area contributed by atoms with Gasteiger partial charge in [-0.3, -0.25) is 19.2 Å². The van der Waals surface area contributed by atoms with Gasteiger partial charge in [0.25, 0.3) is 0 Å². The van der Waals surface area contributed by atoms with E-state index < -0.39 is 28.9 Å². The lowest BCUT2D eigenvalue weighted by molar-refractivity contribution is -0.156.